The van der Waals surface area contributed by atoms with E-state index in [9.17, 15) is 19.6 Å². The Morgan fingerprint density at radius 2 is 1.76 bits per heavy atom. The van der Waals surface area contributed by atoms with E-state index in [4.69, 9.17) is 16.7 Å². The van der Waals surface area contributed by atoms with Gasteiger partial charge in [-0.15, -0.1) is 0 Å². The minimum Gasteiger partial charge on any atom is -0.477 e. The number of carboxylic acids is 1. The number of carbonyl (C=O) groups is 2. The van der Waals surface area contributed by atoms with Crippen LogP contribution in [-0.2, 0) is 6.54 Å². The Bertz CT molecular complexity index is 1140. The van der Waals surface area contributed by atoms with E-state index in [1.807, 2.05) is 0 Å². The van der Waals surface area contributed by atoms with Crippen molar-refractivity contribution in [1.82, 2.24) is 10.0 Å². The smallest absolute Gasteiger partial charge is 0.341 e. The van der Waals surface area contributed by atoms with Gasteiger partial charge in [0, 0.05) is 22.7 Å². The van der Waals surface area contributed by atoms with E-state index in [0.29, 0.717) is 16.3 Å². The Hall–Kier alpha value is -3.78. The lowest BCUT2D eigenvalue weighted by Crippen LogP contribution is -2.28. The van der Waals surface area contributed by atoms with Crippen LogP contribution in [-0.4, -0.2) is 27.0 Å². The number of aromatic nitrogens is 1. The van der Waals surface area contributed by atoms with Gasteiger partial charge in [0.15, 0.2) is 0 Å². The molecule has 0 spiro atoms. The topological polar surface area (TPSA) is 121 Å². The second kappa shape index (κ2) is 8.49. The molecule has 1 aromatic heterocycles. The second-order valence-electron chi connectivity index (χ2n) is 6.04. The number of urea groups is 1. The molecule has 29 heavy (non-hydrogen) atoms. The van der Waals surface area contributed by atoms with Crippen LogP contribution < -0.4 is 16.2 Å². The third-order valence-electron chi connectivity index (χ3n) is 4.11. The predicted octanol–water partition coefficient (Wildman–Crippen LogP) is 3.43. The number of carboxylic acid groups (broad SMARTS) is 1. The van der Waals surface area contributed by atoms with Gasteiger partial charge in [-0.25, -0.2) is 9.59 Å². The Morgan fingerprint density at radius 3 is 2.48 bits per heavy atom. The highest BCUT2D eigenvalue weighted by atomic mass is 35.5. The number of amides is 2. The Morgan fingerprint density at radius 1 is 1.07 bits per heavy atom. The quantitative estimate of drug-likeness (QED) is 0.477. The highest BCUT2D eigenvalue weighted by Gasteiger charge is 2.16. The van der Waals surface area contributed by atoms with Crippen molar-refractivity contribution in [3.8, 4) is 11.1 Å². The van der Waals surface area contributed by atoms with Gasteiger partial charge >= 0.3 is 12.0 Å². The first kappa shape index (κ1) is 20.0. The van der Waals surface area contributed by atoms with Crippen LogP contribution in [0.3, 0.4) is 0 Å². The zero-order chi connectivity index (χ0) is 21.0. The summed E-state index contributed by atoms with van der Waals surface area (Å²) in [6.07, 6.45) is 1.08. The molecule has 2 amide bonds. The largest absolute Gasteiger partial charge is 0.477 e. The first-order valence-electron chi connectivity index (χ1n) is 8.43. The molecule has 4 N–H and O–H groups in total. The molecule has 0 unspecified atom stereocenters. The lowest BCUT2D eigenvalue weighted by Gasteiger charge is -2.13. The number of hydrogen-bond donors (Lipinski definition) is 4. The molecule has 0 fully saturated rings. The van der Waals surface area contributed by atoms with E-state index in [0.717, 1.165) is 17.8 Å². The number of benzene rings is 2. The van der Waals surface area contributed by atoms with Gasteiger partial charge in [0.25, 0.3) is 5.56 Å². The number of nitrogens with zero attached hydrogens (tertiary/aromatic N) is 1. The molecule has 2 aromatic carbocycles. The number of rotatable bonds is 5. The number of hydrogen-bond acceptors (Lipinski definition) is 4. The first-order chi connectivity index (χ1) is 13.9. The zero-order valence-electron chi connectivity index (χ0n) is 14.9. The average molecular weight is 414 g/mol. The maximum Gasteiger partial charge on any atom is 0.341 e. The Kier molecular flexibility index (Phi) is 5.85. The predicted molar refractivity (Wildman–Crippen MR) is 108 cm³/mol. The third-order valence-corrected chi connectivity index (χ3v) is 4.48. The van der Waals surface area contributed by atoms with Crippen molar-refractivity contribution in [1.29, 1.82) is 0 Å². The molecule has 9 heteroatoms. The molecule has 0 bridgehead atoms. The second-order valence-corrected chi connectivity index (χ2v) is 6.45. The number of anilines is 1. The van der Waals surface area contributed by atoms with Crippen LogP contribution in [0.4, 0.5) is 10.5 Å². The van der Waals surface area contributed by atoms with Crippen LogP contribution in [0.5, 0.6) is 0 Å². The molecule has 1 heterocycles. The molecular formula is C20H16ClN3O5. The average Bonchev–Trinajstić information content (AvgIpc) is 2.69. The summed E-state index contributed by atoms with van der Waals surface area (Å²) in [7, 11) is 0. The number of pyridine rings is 1. The van der Waals surface area contributed by atoms with Crippen molar-refractivity contribution >= 4 is 29.3 Å². The standard InChI is InChI=1S/C20H16ClN3O5/c21-16-7-3-1-5-12(16)10-22-20(28)23-17-8-4-2-6-14(17)13-9-15(19(26)27)18(25)24(29)11-13/h1-9,11,29H,10H2,(H,26,27)(H2,22,23,28). The van der Waals surface area contributed by atoms with E-state index in [1.54, 1.807) is 48.5 Å². The van der Waals surface area contributed by atoms with Crippen molar-refractivity contribution in [2.24, 2.45) is 0 Å². The van der Waals surface area contributed by atoms with Gasteiger partial charge < -0.3 is 20.9 Å². The molecule has 0 aliphatic carbocycles. The molecule has 0 radical (unpaired) electrons. The molecule has 148 valence electrons. The molecule has 0 aliphatic heterocycles. The van der Waals surface area contributed by atoms with Gasteiger partial charge in [-0.3, -0.25) is 4.79 Å². The summed E-state index contributed by atoms with van der Waals surface area (Å²) in [5, 5.41) is 24.8. The molecule has 8 nitrogen and oxygen atoms in total. The summed E-state index contributed by atoms with van der Waals surface area (Å²) < 4.78 is 0.201. The normalized spacial score (nSPS) is 10.4. The minimum absolute atomic E-state index is 0.201. The summed E-state index contributed by atoms with van der Waals surface area (Å²) in [6.45, 7) is 0.207. The Labute approximate surface area is 170 Å². The molecule has 0 saturated heterocycles. The van der Waals surface area contributed by atoms with Gasteiger partial charge in [0.1, 0.15) is 5.56 Å². The van der Waals surface area contributed by atoms with Crippen LogP contribution in [0.25, 0.3) is 11.1 Å². The van der Waals surface area contributed by atoms with Crippen LogP contribution in [0, 0.1) is 0 Å². The number of carbonyl (C=O) groups excluding carboxylic acids is 1. The third kappa shape index (κ3) is 4.56. The fraction of sp³-hybridized carbons (Fsp3) is 0.0500. The van der Waals surface area contributed by atoms with Crippen molar-refractivity contribution in [3.63, 3.8) is 0 Å². The molecular weight excluding hydrogens is 398 g/mol. The van der Waals surface area contributed by atoms with Crippen molar-refractivity contribution < 1.29 is 19.9 Å². The number of nitrogens with one attached hydrogen (secondary N) is 2. The van der Waals surface area contributed by atoms with Gasteiger partial charge in [-0.1, -0.05) is 48.0 Å². The minimum atomic E-state index is -1.47. The fourth-order valence-electron chi connectivity index (χ4n) is 2.70. The van der Waals surface area contributed by atoms with E-state index in [1.165, 1.54) is 0 Å². The van der Waals surface area contributed by atoms with Gasteiger partial charge in [0.2, 0.25) is 0 Å². The number of halogens is 1. The van der Waals surface area contributed by atoms with E-state index in [2.05, 4.69) is 10.6 Å². The van der Waals surface area contributed by atoms with Gasteiger partial charge in [0.05, 0.1) is 11.9 Å². The number of aromatic carboxylic acids is 1. The maximum absolute atomic E-state index is 12.3. The van der Waals surface area contributed by atoms with Gasteiger partial charge in [-0.05, 0) is 23.8 Å². The summed E-state index contributed by atoms with van der Waals surface area (Å²) >= 11 is 6.07. The van der Waals surface area contributed by atoms with Crippen LogP contribution in [0.15, 0.2) is 65.6 Å². The first-order valence-corrected chi connectivity index (χ1v) is 8.81. The van der Waals surface area contributed by atoms with Crippen LogP contribution in [0.2, 0.25) is 5.02 Å². The monoisotopic (exact) mass is 413 g/mol. The van der Waals surface area contributed by atoms with Crippen molar-refractivity contribution in [2.45, 2.75) is 6.54 Å². The molecule has 0 saturated carbocycles. The lowest BCUT2D eigenvalue weighted by molar-refractivity contribution is 0.0688. The van der Waals surface area contributed by atoms with Crippen molar-refractivity contribution in [2.75, 3.05) is 5.32 Å². The summed E-state index contributed by atoms with van der Waals surface area (Å²) in [4.78, 5) is 35.3. The highest BCUT2D eigenvalue weighted by molar-refractivity contribution is 6.31. The number of para-hydroxylation sites is 1. The Balaban J connectivity index is 1.84. The summed E-state index contributed by atoms with van der Waals surface area (Å²) in [6, 6.07) is 14.3. The SMILES string of the molecule is O=C(NCc1ccccc1Cl)Nc1ccccc1-c1cc(C(=O)O)c(=O)n(O)c1. The van der Waals surface area contributed by atoms with E-state index >= 15 is 0 Å². The summed E-state index contributed by atoms with van der Waals surface area (Å²) in [5.74, 6) is -1.47. The highest BCUT2D eigenvalue weighted by Crippen LogP contribution is 2.27. The molecule has 3 rings (SSSR count). The van der Waals surface area contributed by atoms with Gasteiger partial charge in [-0.2, -0.15) is 4.73 Å². The summed E-state index contributed by atoms with van der Waals surface area (Å²) in [5.41, 5.74) is 0.125. The fourth-order valence-corrected chi connectivity index (χ4v) is 2.90. The zero-order valence-corrected chi connectivity index (χ0v) is 15.7. The molecule has 0 atom stereocenters. The van der Waals surface area contributed by atoms with E-state index < -0.39 is 23.1 Å². The molecule has 3 aromatic rings. The van der Waals surface area contributed by atoms with Crippen LogP contribution in [0.1, 0.15) is 15.9 Å². The van der Waals surface area contributed by atoms with E-state index in [-0.39, 0.29) is 16.8 Å². The molecule has 0 aliphatic rings. The maximum atomic E-state index is 12.3. The van der Waals surface area contributed by atoms with Crippen molar-refractivity contribution in [3.05, 3.63) is 87.3 Å². The lowest BCUT2D eigenvalue weighted by atomic mass is 10.0. The van der Waals surface area contributed by atoms with Crippen LogP contribution >= 0.6 is 11.6 Å².